The van der Waals surface area contributed by atoms with Gasteiger partial charge in [-0.05, 0) is 83.5 Å². The number of carbonyl (C=O) groups excluding carboxylic acids is 3. The predicted octanol–water partition coefficient (Wildman–Crippen LogP) is 18.7. The highest BCUT2D eigenvalue weighted by atomic mass is 16.6. The van der Waals surface area contributed by atoms with Gasteiger partial charge in [-0.15, -0.1) is 0 Å². The third-order valence-electron chi connectivity index (χ3n) is 12.3. The Bertz CT molecular complexity index is 1140. The highest BCUT2D eigenvalue weighted by molar-refractivity contribution is 5.71. The number of ether oxygens (including phenoxy) is 3. The zero-order valence-electron chi connectivity index (χ0n) is 43.3. The van der Waals surface area contributed by atoms with Crippen LogP contribution in [-0.2, 0) is 28.6 Å². The summed E-state index contributed by atoms with van der Waals surface area (Å²) in [6.07, 6.45) is 65.8. The van der Waals surface area contributed by atoms with Crippen molar-refractivity contribution in [2.24, 2.45) is 0 Å². The SMILES string of the molecule is CCCCCC/C=C\CCCCCCCC(=O)OC(COC(=O)CCCCCCC)COC(=O)CCCCCCCCCCCCCCCC/C=C\C/C=C\C/C=C\CCCCCCC. The molecule has 0 aromatic carbocycles. The molecule has 65 heavy (non-hydrogen) atoms. The molecule has 378 valence electrons. The molecule has 0 aromatic heterocycles. The molecule has 0 aliphatic heterocycles. The molecule has 0 bridgehead atoms. The maximum absolute atomic E-state index is 12.7. The molecule has 0 rings (SSSR count). The topological polar surface area (TPSA) is 78.9 Å². The van der Waals surface area contributed by atoms with Crippen LogP contribution in [0.3, 0.4) is 0 Å². The average molecular weight is 911 g/mol. The van der Waals surface area contributed by atoms with E-state index in [1.807, 2.05) is 0 Å². The number of allylic oxidation sites excluding steroid dienone is 8. The van der Waals surface area contributed by atoms with Crippen molar-refractivity contribution in [3.63, 3.8) is 0 Å². The van der Waals surface area contributed by atoms with Crippen molar-refractivity contribution >= 4 is 17.9 Å². The fourth-order valence-electron chi connectivity index (χ4n) is 8.03. The van der Waals surface area contributed by atoms with Crippen LogP contribution in [0.1, 0.15) is 290 Å². The van der Waals surface area contributed by atoms with Crippen LogP contribution in [0.2, 0.25) is 0 Å². The highest BCUT2D eigenvalue weighted by Crippen LogP contribution is 2.16. The lowest BCUT2D eigenvalue weighted by molar-refractivity contribution is -0.167. The Morgan fingerprint density at radius 2 is 0.554 bits per heavy atom. The molecule has 6 heteroatoms. The van der Waals surface area contributed by atoms with E-state index in [9.17, 15) is 14.4 Å². The number of hydrogen-bond donors (Lipinski definition) is 0. The summed E-state index contributed by atoms with van der Waals surface area (Å²) in [4.78, 5) is 37.7. The molecule has 0 fully saturated rings. The standard InChI is InChI=1S/C59H106O6/c1-4-7-10-13-15-17-19-21-22-23-24-25-26-27-28-29-30-31-32-33-34-35-36-38-39-41-43-46-49-52-58(61)64-55-56(54-63-57(60)51-48-45-12-9-6-3)65-59(62)53-50-47-44-42-40-37-20-18-16-14-11-8-5-2/h18-21,23-24,26-27,56H,4-17,22,25,28-55H2,1-3H3/b20-18-,21-19-,24-23-,27-26-. The van der Waals surface area contributed by atoms with Crippen LogP contribution >= 0.6 is 0 Å². The van der Waals surface area contributed by atoms with Crippen LogP contribution in [0.4, 0.5) is 0 Å². The lowest BCUT2D eigenvalue weighted by Gasteiger charge is -2.18. The largest absolute Gasteiger partial charge is 0.462 e. The summed E-state index contributed by atoms with van der Waals surface area (Å²) in [7, 11) is 0. The average Bonchev–Trinajstić information content (AvgIpc) is 3.30. The summed E-state index contributed by atoms with van der Waals surface area (Å²) in [5.41, 5.74) is 0. The number of unbranched alkanes of at least 4 members (excludes halogenated alkanes) is 32. The highest BCUT2D eigenvalue weighted by Gasteiger charge is 2.19. The molecule has 0 radical (unpaired) electrons. The van der Waals surface area contributed by atoms with Crippen LogP contribution in [0.25, 0.3) is 0 Å². The van der Waals surface area contributed by atoms with Gasteiger partial charge in [0.05, 0.1) is 0 Å². The van der Waals surface area contributed by atoms with E-state index >= 15 is 0 Å². The van der Waals surface area contributed by atoms with Crippen molar-refractivity contribution in [2.75, 3.05) is 13.2 Å². The van der Waals surface area contributed by atoms with Crippen molar-refractivity contribution in [1.29, 1.82) is 0 Å². The fourth-order valence-corrected chi connectivity index (χ4v) is 8.03. The molecule has 0 saturated heterocycles. The first-order chi connectivity index (χ1) is 32.0. The minimum atomic E-state index is -0.771. The van der Waals surface area contributed by atoms with Gasteiger partial charge < -0.3 is 14.2 Å². The molecule has 0 amide bonds. The van der Waals surface area contributed by atoms with Gasteiger partial charge in [0.1, 0.15) is 13.2 Å². The zero-order chi connectivity index (χ0) is 47.2. The quantitative estimate of drug-likeness (QED) is 0.0262. The van der Waals surface area contributed by atoms with E-state index in [-0.39, 0.29) is 31.1 Å². The van der Waals surface area contributed by atoms with Crippen LogP contribution in [-0.4, -0.2) is 37.2 Å². The third-order valence-corrected chi connectivity index (χ3v) is 12.3. The van der Waals surface area contributed by atoms with Gasteiger partial charge in [-0.25, -0.2) is 0 Å². The van der Waals surface area contributed by atoms with Crippen LogP contribution in [0, 0.1) is 0 Å². The van der Waals surface area contributed by atoms with Gasteiger partial charge in [0.25, 0.3) is 0 Å². The second-order valence-electron chi connectivity index (χ2n) is 18.8. The molecule has 0 saturated carbocycles. The maximum atomic E-state index is 12.7. The molecule has 0 N–H and O–H groups in total. The third kappa shape index (κ3) is 52.2. The van der Waals surface area contributed by atoms with Gasteiger partial charge in [-0.1, -0.05) is 236 Å². The Morgan fingerprint density at radius 3 is 0.892 bits per heavy atom. The van der Waals surface area contributed by atoms with Crippen LogP contribution in [0.5, 0.6) is 0 Å². The fraction of sp³-hybridized carbons (Fsp3) is 0.814. The molecule has 1 atom stereocenters. The minimum Gasteiger partial charge on any atom is -0.462 e. The second-order valence-corrected chi connectivity index (χ2v) is 18.8. The normalized spacial score (nSPS) is 12.4. The van der Waals surface area contributed by atoms with E-state index in [2.05, 4.69) is 69.4 Å². The summed E-state index contributed by atoms with van der Waals surface area (Å²) in [5, 5.41) is 0. The van der Waals surface area contributed by atoms with E-state index in [1.54, 1.807) is 0 Å². The van der Waals surface area contributed by atoms with Crippen LogP contribution < -0.4 is 0 Å². The Hall–Kier alpha value is -2.63. The predicted molar refractivity (Wildman–Crippen MR) is 279 cm³/mol. The number of carbonyl (C=O) groups is 3. The molecule has 0 spiro atoms. The lowest BCUT2D eigenvalue weighted by atomic mass is 10.0. The van der Waals surface area contributed by atoms with Gasteiger partial charge in [-0.2, -0.15) is 0 Å². The Balaban J connectivity index is 3.98. The number of esters is 3. The van der Waals surface area contributed by atoms with Gasteiger partial charge in [0, 0.05) is 19.3 Å². The molecule has 1 unspecified atom stereocenters. The van der Waals surface area contributed by atoms with Gasteiger partial charge in [0.2, 0.25) is 0 Å². The van der Waals surface area contributed by atoms with Gasteiger partial charge >= 0.3 is 17.9 Å². The summed E-state index contributed by atoms with van der Waals surface area (Å²) >= 11 is 0. The Labute approximate surface area is 403 Å². The van der Waals surface area contributed by atoms with Crippen molar-refractivity contribution in [3.8, 4) is 0 Å². The number of hydrogen-bond acceptors (Lipinski definition) is 6. The van der Waals surface area contributed by atoms with Gasteiger partial charge in [0.15, 0.2) is 6.10 Å². The molecule has 0 aliphatic rings. The van der Waals surface area contributed by atoms with E-state index in [0.717, 1.165) is 83.5 Å². The molecule has 0 aromatic rings. The summed E-state index contributed by atoms with van der Waals surface area (Å²) < 4.78 is 16.7. The first-order valence-corrected chi connectivity index (χ1v) is 28.1. The molecule has 0 aliphatic carbocycles. The van der Waals surface area contributed by atoms with Crippen molar-refractivity contribution < 1.29 is 28.6 Å². The van der Waals surface area contributed by atoms with Crippen molar-refractivity contribution in [1.82, 2.24) is 0 Å². The summed E-state index contributed by atoms with van der Waals surface area (Å²) in [6, 6.07) is 0. The molecular formula is C59H106O6. The monoisotopic (exact) mass is 911 g/mol. The van der Waals surface area contributed by atoms with Gasteiger partial charge in [-0.3, -0.25) is 14.4 Å². The summed E-state index contributed by atoms with van der Waals surface area (Å²) in [5.74, 6) is -0.891. The summed E-state index contributed by atoms with van der Waals surface area (Å²) in [6.45, 7) is 6.54. The van der Waals surface area contributed by atoms with E-state index in [1.165, 1.54) is 167 Å². The molecule has 0 heterocycles. The first kappa shape index (κ1) is 62.4. The number of rotatable bonds is 51. The lowest BCUT2D eigenvalue weighted by Crippen LogP contribution is -2.30. The molecule has 6 nitrogen and oxygen atoms in total. The van der Waals surface area contributed by atoms with E-state index in [0.29, 0.717) is 19.3 Å². The Kier molecular flexibility index (Phi) is 51.8. The smallest absolute Gasteiger partial charge is 0.306 e. The van der Waals surface area contributed by atoms with Crippen molar-refractivity contribution in [3.05, 3.63) is 48.6 Å². The zero-order valence-corrected chi connectivity index (χ0v) is 43.3. The second kappa shape index (κ2) is 54.0. The van der Waals surface area contributed by atoms with E-state index in [4.69, 9.17) is 14.2 Å². The Morgan fingerprint density at radius 1 is 0.308 bits per heavy atom. The van der Waals surface area contributed by atoms with E-state index < -0.39 is 6.10 Å². The maximum Gasteiger partial charge on any atom is 0.306 e. The van der Waals surface area contributed by atoms with Crippen LogP contribution in [0.15, 0.2) is 48.6 Å². The first-order valence-electron chi connectivity index (χ1n) is 28.1. The molecular weight excluding hydrogens is 805 g/mol. The minimum absolute atomic E-state index is 0.0750. The van der Waals surface area contributed by atoms with Crippen molar-refractivity contribution in [2.45, 2.75) is 297 Å².